The molecule has 196 valence electrons. The van der Waals surface area contributed by atoms with Crippen LogP contribution in [0.25, 0.3) is 0 Å². The summed E-state index contributed by atoms with van der Waals surface area (Å²) in [6, 6.07) is 20.4. The zero-order valence-electron chi connectivity index (χ0n) is 21.2. The second-order valence-corrected chi connectivity index (χ2v) is 9.41. The molecule has 9 heteroatoms. The average Bonchev–Trinajstić information content (AvgIpc) is 3.65. The Morgan fingerprint density at radius 2 is 1.82 bits per heavy atom. The Balaban J connectivity index is 1.70. The summed E-state index contributed by atoms with van der Waals surface area (Å²) in [5, 5.41) is 7.36. The van der Waals surface area contributed by atoms with Gasteiger partial charge in [-0.15, -0.1) is 11.3 Å². The smallest absolute Gasteiger partial charge is 0.261 e. The van der Waals surface area contributed by atoms with Crippen LogP contribution in [-0.2, 0) is 16.1 Å². The summed E-state index contributed by atoms with van der Waals surface area (Å²) < 4.78 is 11.0. The van der Waals surface area contributed by atoms with Crippen molar-refractivity contribution in [2.24, 2.45) is 0 Å². The number of nitrogens with zero attached hydrogens (tertiary/aromatic N) is 1. The molecule has 4 rings (SSSR count). The molecule has 4 aromatic rings. The zero-order valence-corrected chi connectivity index (χ0v) is 22.0. The number of benzene rings is 2. The van der Waals surface area contributed by atoms with Gasteiger partial charge in [0.05, 0.1) is 30.8 Å². The lowest BCUT2D eigenvalue weighted by molar-refractivity contribution is -0.126. The van der Waals surface area contributed by atoms with Gasteiger partial charge in [0.2, 0.25) is 11.8 Å². The monoisotopic (exact) mass is 531 g/mol. The third-order valence-electron chi connectivity index (χ3n) is 5.74. The number of hydrogen-bond donors (Lipinski definition) is 2. The Bertz CT molecular complexity index is 1350. The van der Waals surface area contributed by atoms with Crippen molar-refractivity contribution in [3.05, 3.63) is 106 Å². The third-order valence-corrected chi connectivity index (χ3v) is 6.61. The van der Waals surface area contributed by atoms with Crippen molar-refractivity contribution in [2.75, 3.05) is 18.1 Å². The SMILES string of the molecule is CCOc1cccc(N(C(=O)CNC(=O)c2cccs2)[C@@H](C(=O)NCc2ccco2)c2ccc(C)cc2)c1. The second kappa shape index (κ2) is 12.7. The van der Waals surface area contributed by atoms with Crippen molar-refractivity contribution in [3.8, 4) is 5.75 Å². The highest BCUT2D eigenvalue weighted by Crippen LogP contribution is 2.31. The van der Waals surface area contributed by atoms with E-state index in [1.165, 1.54) is 22.5 Å². The van der Waals surface area contributed by atoms with Crippen LogP contribution in [0.15, 0.2) is 88.9 Å². The number of carbonyl (C=O) groups is 3. The van der Waals surface area contributed by atoms with Crippen LogP contribution >= 0.6 is 11.3 Å². The van der Waals surface area contributed by atoms with Crippen molar-refractivity contribution >= 4 is 34.7 Å². The molecule has 0 unspecified atom stereocenters. The standard InChI is InChI=1S/C29H29N3O5S/c1-3-36-23-8-4-7-22(17-23)32(26(33)19-31-28(34)25-10-6-16-38-25)27(21-13-11-20(2)12-14-21)29(35)30-18-24-9-5-15-37-24/h4-17,27H,3,18-19H2,1-2H3,(H,30,35)(H,31,34)/t27-/m1/s1. The van der Waals surface area contributed by atoms with Gasteiger partial charge in [-0.2, -0.15) is 0 Å². The van der Waals surface area contributed by atoms with E-state index in [1.54, 1.807) is 53.9 Å². The summed E-state index contributed by atoms with van der Waals surface area (Å²) in [6.07, 6.45) is 1.53. The summed E-state index contributed by atoms with van der Waals surface area (Å²) in [7, 11) is 0. The highest BCUT2D eigenvalue weighted by atomic mass is 32.1. The van der Waals surface area contributed by atoms with E-state index in [1.807, 2.05) is 38.1 Å². The van der Waals surface area contributed by atoms with Crippen LogP contribution in [0.2, 0.25) is 0 Å². The molecule has 0 aliphatic heterocycles. The van der Waals surface area contributed by atoms with Gasteiger partial charge in [0.1, 0.15) is 17.6 Å². The van der Waals surface area contributed by atoms with E-state index in [4.69, 9.17) is 9.15 Å². The minimum absolute atomic E-state index is 0.157. The molecule has 3 amide bonds. The summed E-state index contributed by atoms with van der Waals surface area (Å²) in [4.78, 5) is 42.0. The van der Waals surface area contributed by atoms with Crippen LogP contribution in [-0.4, -0.2) is 30.9 Å². The minimum atomic E-state index is -1.02. The van der Waals surface area contributed by atoms with E-state index >= 15 is 0 Å². The number of nitrogens with one attached hydrogen (secondary N) is 2. The molecule has 2 aromatic heterocycles. The van der Waals surface area contributed by atoms with Crippen LogP contribution < -0.4 is 20.3 Å². The molecule has 0 radical (unpaired) electrons. The first-order valence-corrected chi connectivity index (χ1v) is 13.1. The third kappa shape index (κ3) is 6.68. The maximum Gasteiger partial charge on any atom is 0.261 e. The maximum absolute atomic E-state index is 13.8. The number of carbonyl (C=O) groups excluding carboxylic acids is 3. The van der Waals surface area contributed by atoms with E-state index in [2.05, 4.69) is 10.6 Å². The normalized spacial score (nSPS) is 11.4. The van der Waals surface area contributed by atoms with Gasteiger partial charge in [0.15, 0.2) is 0 Å². The van der Waals surface area contributed by atoms with E-state index in [0.717, 1.165) is 5.56 Å². The van der Waals surface area contributed by atoms with E-state index in [0.29, 0.717) is 34.2 Å². The van der Waals surface area contributed by atoms with Gasteiger partial charge in [-0.05, 0) is 55.1 Å². The topological polar surface area (TPSA) is 101 Å². The molecule has 0 bridgehead atoms. The molecule has 0 fully saturated rings. The van der Waals surface area contributed by atoms with Crippen molar-refractivity contribution < 1.29 is 23.5 Å². The number of ether oxygens (including phenoxy) is 1. The van der Waals surface area contributed by atoms with Crippen molar-refractivity contribution in [3.63, 3.8) is 0 Å². The highest BCUT2D eigenvalue weighted by molar-refractivity contribution is 7.12. The molecule has 0 saturated carbocycles. The first kappa shape index (κ1) is 26.7. The Morgan fingerprint density at radius 3 is 2.50 bits per heavy atom. The van der Waals surface area contributed by atoms with Gasteiger partial charge in [-0.25, -0.2) is 0 Å². The summed E-state index contributed by atoms with van der Waals surface area (Å²) >= 11 is 1.28. The van der Waals surface area contributed by atoms with Gasteiger partial charge in [0, 0.05) is 11.8 Å². The molecular weight excluding hydrogens is 502 g/mol. The maximum atomic E-state index is 13.8. The number of amides is 3. The Hall–Kier alpha value is -4.37. The molecule has 0 spiro atoms. The van der Waals surface area contributed by atoms with Gasteiger partial charge < -0.3 is 19.8 Å². The van der Waals surface area contributed by atoms with Crippen LogP contribution in [0, 0.1) is 6.92 Å². The van der Waals surface area contributed by atoms with Crippen molar-refractivity contribution in [1.82, 2.24) is 10.6 Å². The lowest BCUT2D eigenvalue weighted by atomic mass is 10.0. The van der Waals surface area contributed by atoms with Crippen molar-refractivity contribution in [1.29, 1.82) is 0 Å². The van der Waals surface area contributed by atoms with E-state index in [-0.39, 0.29) is 19.0 Å². The number of hydrogen-bond acceptors (Lipinski definition) is 6. The minimum Gasteiger partial charge on any atom is -0.494 e. The fourth-order valence-electron chi connectivity index (χ4n) is 3.91. The van der Waals surface area contributed by atoms with Crippen LogP contribution in [0.1, 0.15) is 39.5 Å². The molecule has 0 aliphatic rings. The molecule has 2 heterocycles. The number of rotatable bonds is 11. The van der Waals surface area contributed by atoms with E-state index < -0.39 is 17.9 Å². The predicted molar refractivity (Wildman–Crippen MR) is 146 cm³/mol. The zero-order chi connectivity index (χ0) is 26.9. The fraction of sp³-hybridized carbons (Fsp3) is 0.207. The molecule has 0 aliphatic carbocycles. The molecule has 1 atom stereocenters. The van der Waals surface area contributed by atoms with Crippen LogP contribution in [0.5, 0.6) is 5.75 Å². The molecule has 38 heavy (non-hydrogen) atoms. The molecular formula is C29H29N3O5S. The first-order valence-electron chi connectivity index (χ1n) is 12.2. The summed E-state index contributed by atoms with van der Waals surface area (Å²) in [5.41, 5.74) is 2.10. The van der Waals surface area contributed by atoms with Gasteiger partial charge >= 0.3 is 0 Å². The largest absolute Gasteiger partial charge is 0.494 e. The molecule has 2 aromatic carbocycles. The lowest BCUT2D eigenvalue weighted by Gasteiger charge is -2.32. The van der Waals surface area contributed by atoms with Gasteiger partial charge in [0.25, 0.3) is 5.91 Å². The number of furan rings is 1. The van der Waals surface area contributed by atoms with Crippen LogP contribution in [0.3, 0.4) is 0 Å². The highest BCUT2D eigenvalue weighted by Gasteiger charge is 2.33. The van der Waals surface area contributed by atoms with E-state index in [9.17, 15) is 14.4 Å². The van der Waals surface area contributed by atoms with Crippen LogP contribution in [0.4, 0.5) is 5.69 Å². The molecule has 0 saturated heterocycles. The lowest BCUT2D eigenvalue weighted by Crippen LogP contribution is -2.47. The van der Waals surface area contributed by atoms with Gasteiger partial charge in [-0.3, -0.25) is 19.3 Å². The second-order valence-electron chi connectivity index (χ2n) is 8.46. The quantitative estimate of drug-likeness (QED) is 0.288. The Kier molecular flexibility index (Phi) is 8.94. The van der Waals surface area contributed by atoms with Crippen molar-refractivity contribution in [2.45, 2.75) is 26.4 Å². The first-order chi connectivity index (χ1) is 18.5. The molecule has 2 N–H and O–H groups in total. The average molecular weight is 532 g/mol. The number of anilines is 1. The fourth-order valence-corrected chi connectivity index (χ4v) is 4.55. The summed E-state index contributed by atoms with van der Waals surface area (Å²) in [5.74, 6) is -0.0673. The van der Waals surface area contributed by atoms with Gasteiger partial charge in [-0.1, -0.05) is 42.0 Å². The summed E-state index contributed by atoms with van der Waals surface area (Å²) in [6.45, 7) is 4.12. The molecule has 8 nitrogen and oxygen atoms in total. The number of aryl methyl sites for hydroxylation is 1. The Morgan fingerprint density at radius 1 is 1.00 bits per heavy atom. The predicted octanol–water partition coefficient (Wildman–Crippen LogP) is 4.87. The number of thiophene rings is 1. The Labute approximate surface area is 225 Å².